The van der Waals surface area contributed by atoms with Crippen molar-refractivity contribution >= 4 is 15.8 Å². The molecule has 0 radical (unpaired) electrons. The summed E-state index contributed by atoms with van der Waals surface area (Å²) in [4.78, 5) is 8.84. The molecule has 3 heterocycles. The summed E-state index contributed by atoms with van der Waals surface area (Å²) in [6.07, 6.45) is 8.67. The molecule has 1 aliphatic rings. The maximum Gasteiger partial charge on any atom is 0.238 e. The Hall–Kier alpha value is -3.83. The predicted molar refractivity (Wildman–Crippen MR) is 145 cm³/mol. The van der Waals surface area contributed by atoms with Gasteiger partial charge in [-0.05, 0) is 36.4 Å². The highest BCUT2D eigenvalue weighted by atomic mass is 32.2. The first-order chi connectivity index (χ1) is 18.9. The van der Waals surface area contributed by atoms with Crippen LogP contribution in [0.2, 0.25) is 0 Å². The zero-order valence-electron chi connectivity index (χ0n) is 21.4. The van der Waals surface area contributed by atoms with Gasteiger partial charge in [0.05, 0.1) is 22.4 Å². The van der Waals surface area contributed by atoms with Crippen LogP contribution in [0.3, 0.4) is 0 Å². The van der Waals surface area contributed by atoms with Gasteiger partial charge in [-0.3, -0.25) is 4.98 Å². The van der Waals surface area contributed by atoms with Gasteiger partial charge in [0.15, 0.2) is 12.2 Å². The lowest BCUT2D eigenvalue weighted by molar-refractivity contribution is -0.0950. The Morgan fingerprint density at radius 2 is 1.82 bits per heavy atom. The molecule has 0 atom stereocenters. The molecule has 0 saturated carbocycles. The molecule has 0 unspecified atom stereocenters. The molecule has 2 aromatic heterocycles. The van der Waals surface area contributed by atoms with Crippen LogP contribution in [0, 0.1) is 0 Å². The minimum Gasteiger partial charge on any atom is -0.455 e. The lowest BCUT2D eigenvalue weighted by Crippen LogP contribution is -2.35. The molecule has 39 heavy (non-hydrogen) atoms. The van der Waals surface area contributed by atoms with Crippen LogP contribution in [0.15, 0.2) is 94.8 Å². The van der Waals surface area contributed by atoms with Crippen LogP contribution < -0.4 is 9.88 Å². The van der Waals surface area contributed by atoms with Crippen molar-refractivity contribution in [1.82, 2.24) is 9.97 Å². The van der Waals surface area contributed by atoms with Gasteiger partial charge in [-0.15, -0.1) is 0 Å². The van der Waals surface area contributed by atoms with E-state index >= 15 is 0 Å². The van der Waals surface area contributed by atoms with Crippen LogP contribution >= 0.6 is 0 Å². The van der Waals surface area contributed by atoms with E-state index in [-0.39, 0.29) is 4.90 Å². The van der Waals surface area contributed by atoms with Crippen LogP contribution in [0.25, 0.3) is 17.1 Å². The molecule has 1 saturated heterocycles. The third-order valence-corrected chi connectivity index (χ3v) is 7.71. The van der Waals surface area contributed by atoms with Gasteiger partial charge in [0.25, 0.3) is 0 Å². The first-order valence-electron chi connectivity index (χ1n) is 12.5. The van der Waals surface area contributed by atoms with Gasteiger partial charge in [0.2, 0.25) is 10.0 Å². The van der Waals surface area contributed by atoms with Gasteiger partial charge in [-0.25, -0.2) is 18.5 Å². The molecular formula is C29H29N3O6S. The van der Waals surface area contributed by atoms with E-state index in [0.717, 1.165) is 24.0 Å². The zero-order chi connectivity index (χ0) is 27.3. The Kier molecular flexibility index (Phi) is 7.89. The van der Waals surface area contributed by atoms with Crippen LogP contribution in [0.4, 0.5) is 0 Å². The van der Waals surface area contributed by atoms with Crippen molar-refractivity contribution in [3.8, 4) is 17.1 Å². The predicted octanol–water partition coefficient (Wildman–Crippen LogP) is 4.70. The SMILES string of the molecule is COC1(c2cncc(O/C(=C\Cc3ncoc3-c3ccc(S(N)(=O)=O)cc3)c3ccccc3)c2)CCOCC1. The fourth-order valence-electron chi connectivity index (χ4n) is 4.62. The first-order valence-corrected chi connectivity index (χ1v) is 14.0. The van der Waals surface area contributed by atoms with E-state index in [4.69, 9.17) is 23.8 Å². The monoisotopic (exact) mass is 547 g/mol. The molecule has 4 aromatic rings. The summed E-state index contributed by atoms with van der Waals surface area (Å²) in [5.41, 5.74) is 2.72. The Labute approximate surface area is 227 Å². The molecule has 0 bridgehead atoms. The Morgan fingerprint density at radius 3 is 2.51 bits per heavy atom. The molecule has 9 nitrogen and oxygen atoms in total. The minimum atomic E-state index is -3.79. The second-order valence-corrected chi connectivity index (χ2v) is 10.7. The average Bonchev–Trinajstić information content (AvgIpc) is 3.44. The third-order valence-electron chi connectivity index (χ3n) is 6.78. The van der Waals surface area contributed by atoms with Crippen molar-refractivity contribution in [3.05, 3.63) is 102 Å². The molecule has 202 valence electrons. The summed E-state index contributed by atoms with van der Waals surface area (Å²) in [5.74, 6) is 1.75. The molecule has 0 aliphatic carbocycles. The van der Waals surface area contributed by atoms with Crippen LogP contribution in [0.5, 0.6) is 5.75 Å². The third kappa shape index (κ3) is 6.10. The topological polar surface area (TPSA) is 127 Å². The highest BCUT2D eigenvalue weighted by Crippen LogP contribution is 2.37. The highest BCUT2D eigenvalue weighted by Gasteiger charge is 2.35. The zero-order valence-corrected chi connectivity index (χ0v) is 22.3. The van der Waals surface area contributed by atoms with Crippen molar-refractivity contribution in [1.29, 1.82) is 0 Å². The van der Waals surface area contributed by atoms with E-state index in [1.54, 1.807) is 25.4 Å². The van der Waals surface area contributed by atoms with Gasteiger partial charge >= 0.3 is 0 Å². The van der Waals surface area contributed by atoms with E-state index in [1.807, 2.05) is 48.7 Å². The van der Waals surface area contributed by atoms with E-state index < -0.39 is 15.6 Å². The maximum absolute atomic E-state index is 11.6. The smallest absolute Gasteiger partial charge is 0.238 e. The van der Waals surface area contributed by atoms with Gasteiger partial charge in [-0.1, -0.05) is 30.3 Å². The summed E-state index contributed by atoms with van der Waals surface area (Å²) in [5, 5.41) is 5.22. The van der Waals surface area contributed by atoms with E-state index in [1.165, 1.54) is 18.5 Å². The Balaban J connectivity index is 1.43. The molecule has 1 aliphatic heterocycles. The second-order valence-electron chi connectivity index (χ2n) is 9.16. The number of ether oxygens (including phenoxy) is 3. The fraction of sp³-hybridized carbons (Fsp3) is 0.241. The second kappa shape index (κ2) is 11.5. The number of sulfonamides is 1. The van der Waals surface area contributed by atoms with Crippen LogP contribution in [0.1, 0.15) is 29.7 Å². The number of aromatic nitrogens is 2. The normalized spacial score (nSPS) is 15.7. The van der Waals surface area contributed by atoms with E-state index in [9.17, 15) is 8.42 Å². The van der Waals surface area contributed by atoms with Crippen molar-refractivity contribution in [2.24, 2.45) is 5.14 Å². The number of allylic oxidation sites excluding steroid dienone is 1. The van der Waals surface area contributed by atoms with Gasteiger partial charge < -0.3 is 18.6 Å². The lowest BCUT2D eigenvalue weighted by Gasteiger charge is -2.36. The molecule has 1 fully saturated rings. The van der Waals surface area contributed by atoms with Crippen molar-refractivity contribution in [2.45, 2.75) is 29.8 Å². The summed E-state index contributed by atoms with van der Waals surface area (Å²) < 4.78 is 46.7. The number of benzene rings is 2. The molecule has 2 aromatic carbocycles. The highest BCUT2D eigenvalue weighted by molar-refractivity contribution is 7.89. The van der Waals surface area contributed by atoms with Gasteiger partial charge in [-0.2, -0.15) is 0 Å². The average molecular weight is 548 g/mol. The van der Waals surface area contributed by atoms with E-state index in [2.05, 4.69) is 9.97 Å². The molecular weight excluding hydrogens is 518 g/mol. The lowest BCUT2D eigenvalue weighted by atomic mass is 9.87. The molecule has 0 amide bonds. The first kappa shape index (κ1) is 26.8. The number of oxazole rings is 1. The number of rotatable bonds is 9. The largest absolute Gasteiger partial charge is 0.455 e. The Bertz CT molecular complexity index is 1540. The molecule has 10 heteroatoms. The maximum atomic E-state index is 11.6. The standard InChI is InChI=1S/C29H29N3O6S/c1-35-29(13-15-36-16-14-29)23-17-24(19-31-18-23)38-27(21-5-3-2-4-6-21)12-11-26-28(37-20-32-26)22-7-9-25(10-8-22)39(30,33)34/h2-10,12,17-20H,11,13-16H2,1H3,(H2,30,33,34)/b27-12-. The summed E-state index contributed by atoms with van der Waals surface area (Å²) >= 11 is 0. The quantitative estimate of drug-likeness (QED) is 0.299. The summed E-state index contributed by atoms with van der Waals surface area (Å²) in [6.45, 7) is 1.25. The number of hydrogen-bond donors (Lipinski definition) is 1. The van der Waals surface area contributed by atoms with Crippen LogP contribution in [-0.2, 0) is 31.5 Å². The number of nitrogens with zero attached hydrogens (tertiary/aromatic N) is 2. The number of primary sulfonamides is 1. The molecule has 2 N–H and O–H groups in total. The van der Waals surface area contributed by atoms with Crippen LogP contribution in [-0.4, -0.2) is 38.7 Å². The number of nitrogens with two attached hydrogens (primary N) is 1. The van der Waals surface area contributed by atoms with Crippen molar-refractivity contribution < 1.29 is 27.0 Å². The fourth-order valence-corrected chi connectivity index (χ4v) is 5.13. The molecule has 5 rings (SSSR count). The Morgan fingerprint density at radius 1 is 1.08 bits per heavy atom. The summed E-state index contributed by atoms with van der Waals surface area (Å²) in [6, 6.07) is 17.9. The number of pyridine rings is 1. The number of hydrogen-bond acceptors (Lipinski definition) is 8. The van der Waals surface area contributed by atoms with E-state index in [0.29, 0.717) is 48.2 Å². The van der Waals surface area contributed by atoms with Crippen molar-refractivity contribution in [3.63, 3.8) is 0 Å². The minimum absolute atomic E-state index is 0.0267. The number of methoxy groups -OCH3 is 1. The van der Waals surface area contributed by atoms with Gasteiger partial charge in [0, 0.05) is 62.5 Å². The molecule has 0 spiro atoms. The summed E-state index contributed by atoms with van der Waals surface area (Å²) in [7, 11) is -2.07. The van der Waals surface area contributed by atoms with Crippen molar-refractivity contribution in [2.75, 3.05) is 20.3 Å². The van der Waals surface area contributed by atoms with Gasteiger partial charge in [0.1, 0.15) is 11.5 Å².